The number of nitrogens with zero attached hydrogens (tertiary/aromatic N) is 4. The summed E-state index contributed by atoms with van der Waals surface area (Å²) in [7, 11) is 0. The van der Waals surface area contributed by atoms with Crippen molar-refractivity contribution in [1.82, 2.24) is 25.5 Å². The number of para-hydroxylation sites is 2. The van der Waals surface area contributed by atoms with E-state index in [4.69, 9.17) is 4.74 Å². The Kier molecular flexibility index (Phi) is 9.03. The first kappa shape index (κ1) is 23.7. The van der Waals surface area contributed by atoms with Crippen molar-refractivity contribution in [3.63, 3.8) is 0 Å². The van der Waals surface area contributed by atoms with Crippen molar-refractivity contribution in [3.05, 3.63) is 95.8 Å². The summed E-state index contributed by atoms with van der Waals surface area (Å²) in [5.41, 5.74) is 2.50. The van der Waals surface area contributed by atoms with E-state index in [1.54, 1.807) is 34.6 Å². The maximum Gasteiger partial charge on any atom is 0.214 e. The molecule has 6 nitrogen and oxygen atoms in total. The highest BCUT2D eigenvalue weighted by Gasteiger charge is 2.09. The van der Waals surface area contributed by atoms with Crippen LogP contribution in [0.5, 0.6) is 5.75 Å². The highest BCUT2D eigenvalue weighted by Crippen LogP contribution is 2.21. The molecule has 0 amide bonds. The molecule has 0 aliphatic heterocycles. The van der Waals surface area contributed by atoms with Gasteiger partial charge < -0.3 is 22.5 Å². The van der Waals surface area contributed by atoms with E-state index in [-0.39, 0.29) is 24.8 Å². The zero-order valence-electron chi connectivity index (χ0n) is 17.2. The Balaban J connectivity index is 0.00000289. The summed E-state index contributed by atoms with van der Waals surface area (Å²) in [5, 5.41) is 16.1. The number of hydrogen-bond acceptors (Lipinski definition) is 6. The Morgan fingerprint density at radius 1 is 0.906 bits per heavy atom. The molecule has 1 N–H and O–H groups in total. The summed E-state index contributed by atoms with van der Waals surface area (Å²) in [5.74, 6) is 1.30. The molecule has 9 heteroatoms. The number of aromatic nitrogens is 4. The molecule has 4 rings (SSSR count). The number of benzene rings is 3. The molecule has 3 aromatic carbocycles. The molecule has 166 valence electrons. The molecule has 0 fully saturated rings. The minimum atomic E-state index is -0.257. The summed E-state index contributed by atoms with van der Waals surface area (Å²) in [4.78, 5) is 0. The highest BCUT2D eigenvalue weighted by molar-refractivity contribution is 7.99. The molecule has 0 aliphatic carbocycles. The maximum absolute atomic E-state index is 13.8. The quantitative estimate of drug-likeness (QED) is 0.278. The largest absolute Gasteiger partial charge is 1.00 e. The van der Waals surface area contributed by atoms with E-state index in [2.05, 4.69) is 20.8 Å². The third kappa shape index (κ3) is 6.29. The first-order chi connectivity index (χ1) is 15.3. The maximum atomic E-state index is 13.8. The number of ether oxygens (including phenoxy) is 1. The van der Waals surface area contributed by atoms with Crippen LogP contribution >= 0.6 is 11.8 Å². The second-order valence-corrected chi connectivity index (χ2v) is 7.78. The van der Waals surface area contributed by atoms with Gasteiger partial charge in [0.1, 0.15) is 18.2 Å². The summed E-state index contributed by atoms with van der Waals surface area (Å²) >= 11 is 1.59. The summed E-state index contributed by atoms with van der Waals surface area (Å²) in [6, 6.07) is 24.3. The zero-order chi connectivity index (χ0) is 21.3. The van der Waals surface area contributed by atoms with Crippen molar-refractivity contribution in [3.8, 4) is 11.4 Å². The molecule has 32 heavy (non-hydrogen) atoms. The lowest BCUT2D eigenvalue weighted by Crippen LogP contribution is -3.00. The summed E-state index contributed by atoms with van der Waals surface area (Å²) < 4.78 is 21.4. The standard InChI is InChI=1S/C23H22FN5OS.ClH/c24-21-12-6-4-9-19(21)17-30-22-13-7-5-8-18(22)16-25-14-15-31-23-26-27-28-29(23)20-10-2-1-3-11-20;/h1-13,25H,14-17H2;1H/p-1. The van der Waals surface area contributed by atoms with Gasteiger partial charge in [0.15, 0.2) is 0 Å². The first-order valence-corrected chi connectivity index (χ1v) is 10.9. The topological polar surface area (TPSA) is 64.9 Å². The second-order valence-electron chi connectivity index (χ2n) is 6.72. The van der Waals surface area contributed by atoms with Crippen molar-refractivity contribution in [2.24, 2.45) is 0 Å². The minimum absolute atomic E-state index is 0. The molecule has 0 spiro atoms. The fraction of sp³-hybridized carbons (Fsp3) is 0.174. The van der Waals surface area contributed by atoms with E-state index in [9.17, 15) is 4.39 Å². The second kappa shape index (κ2) is 12.2. The molecule has 0 unspecified atom stereocenters. The van der Waals surface area contributed by atoms with Gasteiger partial charge in [-0.05, 0) is 34.7 Å². The van der Waals surface area contributed by atoms with Gasteiger partial charge in [0.25, 0.3) is 0 Å². The van der Waals surface area contributed by atoms with Gasteiger partial charge in [0.05, 0.1) is 5.69 Å². The Hall–Kier alpha value is -2.94. The van der Waals surface area contributed by atoms with E-state index in [0.29, 0.717) is 12.1 Å². The smallest absolute Gasteiger partial charge is 0.214 e. The van der Waals surface area contributed by atoms with Crippen LogP contribution in [0.1, 0.15) is 11.1 Å². The van der Waals surface area contributed by atoms with Gasteiger partial charge in [0.2, 0.25) is 5.16 Å². The first-order valence-electron chi connectivity index (χ1n) is 9.92. The predicted molar refractivity (Wildman–Crippen MR) is 119 cm³/mol. The van der Waals surface area contributed by atoms with Crippen LogP contribution in [0.4, 0.5) is 4.39 Å². The number of nitrogens with one attached hydrogen (secondary N) is 1. The number of halogens is 2. The lowest BCUT2D eigenvalue weighted by Gasteiger charge is -2.12. The normalized spacial score (nSPS) is 10.5. The van der Waals surface area contributed by atoms with Gasteiger partial charge in [0, 0.05) is 30.0 Å². The van der Waals surface area contributed by atoms with Crippen LogP contribution in [0.25, 0.3) is 5.69 Å². The molecular formula is C23H22ClFN5OS-. The van der Waals surface area contributed by atoms with Crippen molar-refractivity contribution >= 4 is 11.8 Å². The van der Waals surface area contributed by atoms with Crippen molar-refractivity contribution < 1.29 is 21.5 Å². The Morgan fingerprint density at radius 2 is 1.62 bits per heavy atom. The van der Waals surface area contributed by atoms with Crippen LogP contribution in [0.15, 0.2) is 84.0 Å². The van der Waals surface area contributed by atoms with E-state index >= 15 is 0 Å². The van der Waals surface area contributed by atoms with Crippen LogP contribution in [0.2, 0.25) is 0 Å². The number of hydrogen-bond donors (Lipinski definition) is 1. The van der Waals surface area contributed by atoms with E-state index in [0.717, 1.165) is 34.5 Å². The highest BCUT2D eigenvalue weighted by atomic mass is 35.5. The Morgan fingerprint density at radius 3 is 2.44 bits per heavy atom. The summed E-state index contributed by atoms with van der Waals surface area (Å²) in [6.45, 7) is 1.62. The molecule has 1 aromatic heterocycles. The van der Waals surface area contributed by atoms with Crippen LogP contribution in [-0.4, -0.2) is 32.5 Å². The Bertz CT molecular complexity index is 1110. The van der Waals surface area contributed by atoms with Crippen molar-refractivity contribution in [2.45, 2.75) is 18.3 Å². The SMILES string of the molecule is Fc1ccccc1COc1ccccc1CNCCSc1nnnn1-c1ccccc1.[Cl-]. The number of thioether (sulfide) groups is 1. The van der Waals surface area contributed by atoms with Crippen molar-refractivity contribution in [2.75, 3.05) is 12.3 Å². The van der Waals surface area contributed by atoms with E-state index < -0.39 is 0 Å². The molecule has 0 saturated heterocycles. The van der Waals surface area contributed by atoms with Crippen molar-refractivity contribution in [1.29, 1.82) is 0 Å². The van der Waals surface area contributed by atoms with E-state index in [1.165, 1.54) is 6.07 Å². The van der Waals surface area contributed by atoms with Crippen LogP contribution in [-0.2, 0) is 13.2 Å². The fourth-order valence-corrected chi connectivity index (χ4v) is 3.79. The molecular weight excluding hydrogens is 449 g/mol. The van der Waals surface area contributed by atoms with Gasteiger partial charge in [-0.3, -0.25) is 0 Å². The van der Waals surface area contributed by atoms with Crippen LogP contribution < -0.4 is 22.5 Å². The molecule has 0 bridgehead atoms. The Labute approximate surface area is 196 Å². The van der Waals surface area contributed by atoms with Gasteiger partial charge in [-0.1, -0.05) is 66.4 Å². The van der Waals surface area contributed by atoms with Crippen LogP contribution in [0.3, 0.4) is 0 Å². The zero-order valence-corrected chi connectivity index (χ0v) is 18.8. The van der Waals surface area contributed by atoms with Gasteiger partial charge >= 0.3 is 0 Å². The summed E-state index contributed by atoms with van der Waals surface area (Å²) in [6.07, 6.45) is 0. The molecule has 0 radical (unpaired) electrons. The molecule has 0 aliphatic rings. The molecule has 4 aromatic rings. The van der Waals surface area contributed by atoms with Gasteiger partial charge in [-0.2, -0.15) is 4.68 Å². The lowest BCUT2D eigenvalue weighted by molar-refractivity contribution is -0.00000729. The third-order valence-corrected chi connectivity index (χ3v) is 5.50. The number of tetrazole rings is 1. The fourth-order valence-electron chi connectivity index (χ4n) is 3.00. The average Bonchev–Trinajstić information content (AvgIpc) is 3.28. The predicted octanol–water partition coefficient (Wildman–Crippen LogP) is 1.27. The monoisotopic (exact) mass is 470 g/mol. The van der Waals surface area contributed by atoms with Gasteiger partial charge in [-0.25, -0.2) is 4.39 Å². The molecule has 0 atom stereocenters. The third-order valence-electron chi connectivity index (χ3n) is 4.58. The minimum Gasteiger partial charge on any atom is -1.00 e. The molecule has 0 saturated carbocycles. The number of rotatable bonds is 10. The lowest BCUT2D eigenvalue weighted by atomic mass is 10.2. The van der Waals surface area contributed by atoms with E-state index in [1.807, 2.05) is 54.6 Å². The van der Waals surface area contributed by atoms with Gasteiger partial charge in [-0.15, -0.1) is 5.10 Å². The van der Waals surface area contributed by atoms with Crippen LogP contribution in [0, 0.1) is 5.82 Å². The average molecular weight is 471 g/mol. The molecule has 1 heterocycles.